The quantitative estimate of drug-likeness (QED) is 0.479. The highest BCUT2D eigenvalue weighted by Crippen LogP contribution is 2.32. The molecule has 1 heteroatoms. The van der Waals surface area contributed by atoms with Crippen LogP contribution < -0.4 is 0 Å². The lowest BCUT2D eigenvalue weighted by atomic mass is 9.90. The maximum atomic E-state index is 4.52. The molecule has 1 aliphatic carbocycles. The predicted octanol–water partition coefficient (Wildman–Crippen LogP) is 2.64. The molecule has 1 rings (SSSR count). The van der Waals surface area contributed by atoms with E-state index in [0.717, 1.165) is 0 Å². The summed E-state index contributed by atoms with van der Waals surface area (Å²) in [5.41, 5.74) is 0. The third-order valence-electron chi connectivity index (χ3n) is 1.93. The maximum Gasteiger partial charge on any atom is 0.0101 e. The van der Waals surface area contributed by atoms with E-state index in [4.69, 9.17) is 0 Å². The Morgan fingerprint density at radius 2 is 1.62 bits per heavy atom. The molecule has 0 amide bonds. The normalized spacial score (nSPS) is 27.8. The monoisotopic (exact) mass is 130 g/mol. The van der Waals surface area contributed by atoms with Crippen molar-refractivity contribution in [2.24, 2.45) is 0 Å². The van der Waals surface area contributed by atoms with Crippen molar-refractivity contribution < 1.29 is 0 Å². The molecule has 0 aromatic rings. The zero-order valence-electron chi connectivity index (χ0n) is 5.48. The van der Waals surface area contributed by atoms with Gasteiger partial charge in [-0.15, -0.1) is 0 Å². The van der Waals surface area contributed by atoms with E-state index < -0.39 is 0 Å². The summed E-state index contributed by atoms with van der Waals surface area (Å²) in [6.07, 6.45) is 6.84. The van der Waals surface area contributed by atoms with Crippen LogP contribution in [0.15, 0.2) is 0 Å². The lowest BCUT2D eigenvalue weighted by molar-refractivity contribution is 0.425. The van der Waals surface area contributed by atoms with Gasteiger partial charge in [0.15, 0.2) is 0 Å². The summed E-state index contributed by atoms with van der Waals surface area (Å²) in [6.45, 7) is 2.25. The van der Waals surface area contributed by atoms with Gasteiger partial charge in [0.2, 0.25) is 0 Å². The highest BCUT2D eigenvalue weighted by Gasteiger charge is 2.21. The zero-order valence-corrected chi connectivity index (χ0v) is 6.38. The van der Waals surface area contributed by atoms with E-state index >= 15 is 0 Å². The highest BCUT2D eigenvalue weighted by atomic mass is 32.1. The molecule has 0 atom stereocenters. The van der Waals surface area contributed by atoms with Crippen molar-refractivity contribution in [2.45, 2.75) is 43.8 Å². The van der Waals surface area contributed by atoms with Crippen LogP contribution in [0.4, 0.5) is 0 Å². The van der Waals surface area contributed by atoms with Crippen molar-refractivity contribution in [1.82, 2.24) is 0 Å². The van der Waals surface area contributed by atoms with Gasteiger partial charge >= 0.3 is 0 Å². The van der Waals surface area contributed by atoms with Crippen molar-refractivity contribution in [3.05, 3.63) is 0 Å². The van der Waals surface area contributed by atoms with Gasteiger partial charge in [-0.3, -0.25) is 0 Å². The fourth-order valence-corrected chi connectivity index (χ4v) is 1.63. The SMILES string of the molecule is CC1(S)CCCCC1. The van der Waals surface area contributed by atoms with Gasteiger partial charge in [0, 0.05) is 4.75 Å². The molecule has 8 heavy (non-hydrogen) atoms. The van der Waals surface area contributed by atoms with Gasteiger partial charge in [0.25, 0.3) is 0 Å². The lowest BCUT2D eigenvalue weighted by Crippen LogP contribution is -2.19. The Bertz CT molecular complexity index is 68.5. The Hall–Kier alpha value is 0.350. The minimum atomic E-state index is 0.373. The second kappa shape index (κ2) is 2.30. The molecule has 0 unspecified atom stereocenters. The molecular weight excluding hydrogens is 116 g/mol. The van der Waals surface area contributed by atoms with Gasteiger partial charge in [-0.1, -0.05) is 26.2 Å². The molecule has 0 radical (unpaired) electrons. The molecule has 48 valence electrons. The highest BCUT2D eigenvalue weighted by molar-refractivity contribution is 7.81. The molecule has 0 nitrogen and oxygen atoms in total. The van der Waals surface area contributed by atoms with Gasteiger partial charge in [-0.25, -0.2) is 0 Å². The fourth-order valence-electron chi connectivity index (χ4n) is 1.31. The molecule has 0 spiro atoms. The van der Waals surface area contributed by atoms with Crippen molar-refractivity contribution >= 4 is 12.6 Å². The van der Waals surface area contributed by atoms with E-state index in [1.807, 2.05) is 0 Å². The summed E-state index contributed by atoms with van der Waals surface area (Å²) in [4.78, 5) is 0. The number of hydrogen-bond donors (Lipinski definition) is 1. The van der Waals surface area contributed by atoms with Crippen molar-refractivity contribution in [2.75, 3.05) is 0 Å². The van der Waals surface area contributed by atoms with Gasteiger partial charge < -0.3 is 0 Å². The van der Waals surface area contributed by atoms with Crippen LogP contribution in [0.1, 0.15) is 39.0 Å². The first kappa shape index (κ1) is 6.47. The summed E-state index contributed by atoms with van der Waals surface area (Å²) in [6, 6.07) is 0. The average molecular weight is 130 g/mol. The minimum Gasteiger partial charge on any atom is -0.173 e. The van der Waals surface area contributed by atoms with Crippen LogP contribution in [0, 0.1) is 0 Å². The molecule has 0 N–H and O–H groups in total. The Morgan fingerprint density at radius 3 is 1.88 bits per heavy atom. The largest absolute Gasteiger partial charge is 0.173 e. The van der Waals surface area contributed by atoms with E-state index in [1.54, 1.807) is 0 Å². The third kappa shape index (κ3) is 1.70. The summed E-state index contributed by atoms with van der Waals surface area (Å²) in [5.74, 6) is 0. The molecule has 0 saturated heterocycles. The summed E-state index contributed by atoms with van der Waals surface area (Å²) in [7, 11) is 0. The Morgan fingerprint density at radius 1 is 1.12 bits per heavy atom. The summed E-state index contributed by atoms with van der Waals surface area (Å²) in [5, 5.41) is 0. The Kier molecular flexibility index (Phi) is 1.86. The summed E-state index contributed by atoms with van der Waals surface area (Å²) >= 11 is 4.52. The molecular formula is C7H14S. The van der Waals surface area contributed by atoms with Crippen LogP contribution in [0.2, 0.25) is 0 Å². The lowest BCUT2D eigenvalue weighted by Gasteiger charge is -2.27. The molecule has 1 fully saturated rings. The summed E-state index contributed by atoms with van der Waals surface area (Å²) < 4.78 is 0.373. The van der Waals surface area contributed by atoms with Crippen LogP contribution in [0.25, 0.3) is 0 Å². The van der Waals surface area contributed by atoms with Crippen LogP contribution >= 0.6 is 12.6 Å². The third-order valence-corrected chi connectivity index (χ3v) is 2.38. The molecule has 1 aliphatic rings. The standard InChI is InChI=1S/C7H14S/c1-7(8)5-3-2-4-6-7/h8H,2-6H2,1H3. The first-order valence-corrected chi connectivity index (χ1v) is 3.88. The average Bonchev–Trinajstić information content (AvgIpc) is 1.65. The van der Waals surface area contributed by atoms with Crippen LogP contribution in [0.5, 0.6) is 0 Å². The zero-order chi connectivity index (χ0) is 6.04. The Labute approximate surface area is 57.1 Å². The Balaban J connectivity index is 2.33. The van der Waals surface area contributed by atoms with Crippen molar-refractivity contribution in [3.8, 4) is 0 Å². The molecule has 0 aromatic carbocycles. The number of rotatable bonds is 0. The molecule has 0 aliphatic heterocycles. The first-order valence-electron chi connectivity index (χ1n) is 3.43. The van der Waals surface area contributed by atoms with Gasteiger partial charge in [0.05, 0.1) is 0 Å². The molecule has 0 bridgehead atoms. The van der Waals surface area contributed by atoms with E-state index in [9.17, 15) is 0 Å². The van der Waals surface area contributed by atoms with Crippen LogP contribution in [-0.4, -0.2) is 4.75 Å². The molecule has 1 saturated carbocycles. The number of hydrogen-bond acceptors (Lipinski definition) is 1. The topological polar surface area (TPSA) is 0 Å². The van der Waals surface area contributed by atoms with Crippen LogP contribution in [0.3, 0.4) is 0 Å². The molecule has 0 aromatic heterocycles. The van der Waals surface area contributed by atoms with Crippen LogP contribution in [-0.2, 0) is 0 Å². The second-order valence-corrected chi connectivity index (χ2v) is 4.14. The van der Waals surface area contributed by atoms with E-state index in [0.29, 0.717) is 4.75 Å². The van der Waals surface area contributed by atoms with Gasteiger partial charge in [0.1, 0.15) is 0 Å². The smallest absolute Gasteiger partial charge is 0.0101 e. The van der Waals surface area contributed by atoms with Crippen molar-refractivity contribution in [1.29, 1.82) is 0 Å². The minimum absolute atomic E-state index is 0.373. The maximum absolute atomic E-state index is 4.52. The van der Waals surface area contributed by atoms with E-state index in [2.05, 4.69) is 19.6 Å². The van der Waals surface area contributed by atoms with Gasteiger partial charge in [-0.05, 0) is 12.8 Å². The van der Waals surface area contributed by atoms with E-state index in [1.165, 1.54) is 32.1 Å². The predicted molar refractivity (Wildman–Crippen MR) is 40.5 cm³/mol. The van der Waals surface area contributed by atoms with Gasteiger partial charge in [-0.2, -0.15) is 12.6 Å². The fraction of sp³-hybridized carbons (Fsp3) is 1.00. The second-order valence-electron chi connectivity index (χ2n) is 3.06. The number of thiol groups is 1. The van der Waals surface area contributed by atoms with E-state index in [-0.39, 0.29) is 0 Å². The first-order chi connectivity index (χ1) is 3.71. The van der Waals surface area contributed by atoms with Crippen molar-refractivity contribution in [3.63, 3.8) is 0 Å². The molecule has 0 heterocycles.